The molecule has 0 aliphatic rings. The van der Waals surface area contributed by atoms with E-state index in [9.17, 15) is 4.79 Å². The predicted octanol–water partition coefficient (Wildman–Crippen LogP) is 1.85. The highest BCUT2D eigenvalue weighted by Crippen LogP contribution is 2.08. The number of carbonyl (C=O) groups is 1. The number of esters is 1. The van der Waals surface area contributed by atoms with Crippen molar-refractivity contribution in [3.63, 3.8) is 0 Å². The van der Waals surface area contributed by atoms with Crippen LogP contribution in [0, 0.1) is 12.8 Å². The Kier molecular flexibility index (Phi) is 3.50. The molecule has 70 valence electrons. The topological polar surface area (TPSA) is 26.3 Å². The van der Waals surface area contributed by atoms with Crippen molar-refractivity contribution in [1.29, 1.82) is 0 Å². The Hall–Kier alpha value is -1.31. The molecule has 0 saturated heterocycles. The lowest BCUT2D eigenvalue weighted by Gasteiger charge is -2.14. The van der Waals surface area contributed by atoms with Crippen molar-refractivity contribution in [3.05, 3.63) is 42.8 Å². The zero-order chi connectivity index (χ0) is 9.68. The Morgan fingerprint density at radius 2 is 2.08 bits per heavy atom. The van der Waals surface area contributed by atoms with Crippen LogP contribution >= 0.6 is 0 Å². The first-order valence-corrected chi connectivity index (χ1v) is 4.19. The zero-order valence-electron chi connectivity index (χ0n) is 7.69. The highest BCUT2D eigenvalue weighted by atomic mass is 16.5. The minimum absolute atomic E-state index is 0.260. The number of carbonyl (C=O) groups excluding carboxylic acids is 1. The molecule has 0 N–H and O–H groups in total. The molecule has 13 heavy (non-hydrogen) atoms. The van der Waals surface area contributed by atoms with E-state index in [1.807, 2.05) is 30.3 Å². The molecule has 0 spiro atoms. The molecule has 0 radical (unpaired) electrons. The Morgan fingerprint density at radius 3 is 2.62 bits per heavy atom. The van der Waals surface area contributed by atoms with Crippen molar-refractivity contribution in [3.8, 4) is 0 Å². The summed E-state index contributed by atoms with van der Waals surface area (Å²) in [6, 6.07) is 9.78. The summed E-state index contributed by atoms with van der Waals surface area (Å²) in [6.07, 6.45) is 0.632. The van der Waals surface area contributed by atoms with Gasteiger partial charge in [0.05, 0.1) is 7.11 Å². The third-order valence-electron chi connectivity index (χ3n) is 1.86. The van der Waals surface area contributed by atoms with E-state index < -0.39 is 0 Å². The van der Waals surface area contributed by atoms with Crippen LogP contribution in [0.25, 0.3) is 0 Å². The van der Waals surface area contributed by atoms with Crippen LogP contribution in [0.2, 0.25) is 0 Å². The fourth-order valence-electron chi connectivity index (χ4n) is 1.15. The number of benzene rings is 1. The Bertz CT molecular complexity index is 267. The molecule has 0 amide bonds. The van der Waals surface area contributed by atoms with Gasteiger partial charge in [-0.1, -0.05) is 36.2 Å². The minimum Gasteiger partial charge on any atom is -0.471 e. The van der Waals surface area contributed by atoms with E-state index in [1.54, 1.807) is 0 Å². The van der Waals surface area contributed by atoms with Gasteiger partial charge in [0.2, 0.25) is 0 Å². The summed E-state index contributed by atoms with van der Waals surface area (Å²) in [7, 11) is 1.38. The van der Waals surface area contributed by atoms with E-state index in [1.165, 1.54) is 7.11 Å². The maximum absolute atomic E-state index is 11.0. The van der Waals surface area contributed by atoms with Crippen molar-refractivity contribution >= 4 is 5.97 Å². The fourth-order valence-corrected chi connectivity index (χ4v) is 1.15. The van der Waals surface area contributed by atoms with Crippen LogP contribution < -0.4 is 0 Å². The second-order valence-corrected chi connectivity index (χ2v) is 2.91. The smallest absolute Gasteiger partial charge is 0.278 e. The maximum atomic E-state index is 11.0. The van der Waals surface area contributed by atoms with Gasteiger partial charge in [-0.2, -0.15) is 0 Å². The van der Waals surface area contributed by atoms with Gasteiger partial charge >= 0.3 is 0 Å². The van der Waals surface area contributed by atoms with Crippen LogP contribution in [-0.4, -0.2) is 13.1 Å². The summed E-state index contributed by atoms with van der Waals surface area (Å²) < 4.78 is 4.58. The Balaban J connectivity index is 2.55. The van der Waals surface area contributed by atoms with Crippen LogP contribution in [0.15, 0.2) is 30.3 Å². The van der Waals surface area contributed by atoms with Gasteiger partial charge in [-0.15, -0.1) is 0 Å². The van der Waals surface area contributed by atoms with Gasteiger partial charge < -0.3 is 11.7 Å². The molecule has 1 aromatic carbocycles. The zero-order valence-corrected chi connectivity index (χ0v) is 7.69. The molecule has 0 aliphatic heterocycles. The molecular formula is C11H13O2-. The van der Waals surface area contributed by atoms with Gasteiger partial charge in [0, 0.05) is 0 Å². The molecule has 0 saturated carbocycles. The molecule has 2 nitrogen and oxygen atoms in total. The van der Waals surface area contributed by atoms with Crippen LogP contribution in [0.1, 0.15) is 5.56 Å². The predicted molar refractivity (Wildman–Crippen MR) is 51.0 cm³/mol. The van der Waals surface area contributed by atoms with Gasteiger partial charge in [-0.25, -0.2) is 0 Å². The normalized spacial score (nSPS) is 12.2. The first-order chi connectivity index (χ1) is 6.24. The molecule has 2 heteroatoms. The number of ether oxygens (including phenoxy) is 1. The van der Waals surface area contributed by atoms with E-state index in [2.05, 4.69) is 11.7 Å². The lowest BCUT2D eigenvalue weighted by molar-refractivity contribution is -0.143. The SMILES string of the molecule is [CH2-]C(Cc1ccccc1)C(=O)OC. The molecule has 0 fully saturated rings. The summed E-state index contributed by atoms with van der Waals surface area (Å²) in [5, 5.41) is 0. The molecule has 1 atom stereocenters. The number of rotatable bonds is 3. The molecule has 1 unspecified atom stereocenters. The highest BCUT2D eigenvalue weighted by molar-refractivity contribution is 5.73. The standard InChI is InChI=1S/C11H13O2/c1-9(11(12)13-2)8-10-6-4-3-5-7-10/h3-7,9H,1,8H2,2H3/q-1. The molecule has 0 aliphatic carbocycles. The van der Waals surface area contributed by atoms with E-state index in [0.29, 0.717) is 6.42 Å². The second-order valence-electron chi connectivity index (χ2n) is 2.91. The maximum Gasteiger partial charge on any atom is 0.278 e. The average Bonchev–Trinajstić information content (AvgIpc) is 2.18. The number of hydrogen-bond acceptors (Lipinski definition) is 2. The summed E-state index contributed by atoms with van der Waals surface area (Å²) in [5.41, 5.74) is 1.10. The molecule has 0 aromatic heterocycles. The number of methoxy groups -OCH3 is 1. The first-order valence-electron chi connectivity index (χ1n) is 4.19. The van der Waals surface area contributed by atoms with E-state index >= 15 is 0 Å². The molecule has 1 aromatic rings. The highest BCUT2D eigenvalue weighted by Gasteiger charge is 2.06. The summed E-state index contributed by atoms with van der Waals surface area (Å²) in [4.78, 5) is 11.0. The fraction of sp³-hybridized carbons (Fsp3) is 0.273. The largest absolute Gasteiger partial charge is 0.471 e. The van der Waals surface area contributed by atoms with E-state index in [4.69, 9.17) is 0 Å². The summed E-state index contributed by atoms with van der Waals surface area (Å²) in [5.74, 6) is -0.573. The van der Waals surface area contributed by atoms with Gasteiger partial charge in [-0.3, -0.25) is 4.79 Å². The quantitative estimate of drug-likeness (QED) is 0.520. The van der Waals surface area contributed by atoms with Crippen LogP contribution in [-0.2, 0) is 16.0 Å². The van der Waals surface area contributed by atoms with Gasteiger partial charge in [0.25, 0.3) is 5.97 Å². The van der Waals surface area contributed by atoms with E-state index in [0.717, 1.165) is 5.56 Å². The average molecular weight is 177 g/mol. The molecular weight excluding hydrogens is 164 g/mol. The van der Waals surface area contributed by atoms with E-state index in [-0.39, 0.29) is 11.9 Å². The van der Waals surface area contributed by atoms with Gasteiger partial charge in [0.15, 0.2) is 0 Å². The first kappa shape index (κ1) is 9.78. The lowest BCUT2D eigenvalue weighted by Crippen LogP contribution is -2.15. The third-order valence-corrected chi connectivity index (χ3v) is 1.86. The Labute approximate surface area is 78.5 Å². The van der Waals surface area contributed by atoms with Crippen LogP contribution in [0.4, 0.5) is 0 Å². The molecule has 0 heterocycles. The second kappa shape index (κ2) is 4.65. The van der Waals surface area contributed by atoms with Crippen LogP contribution in [0.3, 0.4) is 0 Å². The third kappa shape index (κ3) is 2.90. The molecule has 1 rings (SSSR count). The minimum atomic E-state index is -0.313. The lowest BCUT2D eigenvalue weighted by atomic mass is 10.0. The molecule has 0 bridgehead atoms. The van der Waals surface area contributed by atoms with Crippen molar-refractivity contribution in [1.82, 2.24) is 0 Å². The van der Waals surface area contributed by atoms with Gasteiger partial charge in [0.1, 0.15) is 0 Å². The van der Waals surface area contributed by atoms with Crippen molar-refractivity contribution in [2.75, 3.05) is 7.11 Å². The van der Waals surface area contributed by atoms with Crippen molar-refractivity contribution in [2.45, 2.75) is 6.42 Å². The monoisotopic (exact) mass is 177 g/mol. The van der Waals surface area contributed by atoms with Crippen molar-refractivity contribution in [2.24, 2.45) is 5.92 Å². The Morgan fingerprint density at radius 1 is 1.46 bits per heavy atom. The van der Waals surface area contributed by atoms with Crippen molar-refractivity contribution < 1.29 is 9.53 Å². The number of hydrogen-bond donors (Lipinski definition) is 0. The summed E-state index contributed by atoms with van der Waals surface area (Å²) in [6.45, 7) is 3.73. The van der Waals surface area contributed by atoms with Gasteiger partial charge in [-0.05, 0) is 12.0 Å². The van der Waals surface area contributed by atoms with Crippen LogP contribution in [0.5, 0.6) is 0 Å². The summed E-state index contributed by atoms with van der Waals surface area (Å²) >= 11 is 0.